The average molecular weight is 306 g/mol. The van der Waals surface area contributed by atoms with Crippen molar-refractivity contribution >= 4 is 27.7 Å². The molecule has 0 atom stereocenters. The van der Waals surface area contributed by atoms with E-state index in [9.17, 15) is 4.79 Å². The van der Waals surface area contributed by atoms with Crippen LogP contribution >= 0.6 is 15.9 Å². The number of halogens is 1. The van der Waals surface area contributed by atoms with Gasteiger partial charge in [-0.3, -0.25) is 9.78 Å². The van der Waals surface area contributed by atoms with E-state index >= 15 is 0 Å². The van der Waals surface area contributed by atoms with E-state index in [0.29, 0.717) is 5.82 Å². The zero-order valence-electron chi connectivity index (χ0n) is 9.85. The van der Waals surface area contributed by atoms with Gasteiger partial charge in [-0.2, -0.15) is 0 Å². The summed E-state index contributed by atoms with van der Waals surface area (Å²) in [6.07, 6.45) is 3.56. The number of nitrogens with zero attached hydrogens (tertiary/aromatic N) is 2. The molecule has 0 aliphatic heterocycles. The number of nitrogens with one attached hydrogen (secondary N) is 1. The molecule has 0 saturated carbocycles. The molecule has 2 aromatic rings. The van der Waals surface area contributed by atoms with Gasteiger partial charge in [0.1, 0.15) is 5.82 Å². The van der Waals surface area contributed by atoms with E-state index < -0.39 is 0 Å². The van der Waals surface area contributed by atoms with Crippen LogP contribution < -0.4 is 5.32 Å². The topological polar surface area (TPSA) is 54.9 Å². The Morgan fingerprint density at radius 3 is 2.72 bits per heavy atom. The van der Waals surface area contributed by atoms with Gasteiger partial charge in [0.15, 0.2) is 0 Å². The van der Waals surface area contributed by atoms with Gasteiger partial charge in [-0.25, -0.2) is 4.98 Å². The van der Waals surface area contributed by atoms with E-state index in [1.54, 1.807) is 18.5 Å². The molecule has 2 rings (SSSR count). The van der Waals surface area contributed by atoms with Gasteiger partial charge >= 0.3 is 0 Å². The fourth-order valence-corrected chi connectivity index (χ4v) is 1.86. The second-order valence-electron chi connectivity index (χ2n) is 3.83. The van der Waals surface area contributed by atoms with Crippen LogP contribution in [-0.2, 0) is 11.2 Å². The molecule has 0 saturated heterocycles. The summed E-state index contributed by atoms with van der Waals surface area (Å²) in [4.78, 5) is 20.1. The van der Waals surface area contributed by atoms with E-state index in [1.807, 2.05) is 25.1 Å². The molecule has 0 aliphatic rings. The zero-order valence-corrected chi connectivity index (χ0v) is 11.4. The third-order valence-corrected chi connectivity index (χ3v) is 3.10. The maximum Gasteiger partial charge on any atom is 0.231 e. The largest absolute Gasteiger partial charge is 0.309 e. The van der Waals surface area contributed by atoms with Crippen molar-refractivity contribution in [3.8, 4) is 0 Å². The van der Waals surface area contributed by atoms with Gasteiger partial charge < -0.3 is 5.32 Å². The van der Waals surface area contributed by atoms with E-state index in [2.05, 4.69) is 31.2 Å². The summed E-state index contributed by atoms with van der Waals surface area (Å²) in [6, 6.07) is 7.41. The number of anilines is 1. The van der Waals surface area contributed by atoms with Crippen molar-refractivity contribution in [1.29, 1.82) is 0 Å². The number of rotatable bonds is 3. The second-order valence-corrected chi connectivity index (χ2v) is 4.68. The molecule has 2 aromatic heterocycles. The Morgan fingerprint density at radius 1 is 1.28 bits per heavy atom. The summed E-state index contributed by atoms with van der Waals surface area (Å²) >= 11 is 3.33. The Kier molecular flexibility index (Phi) is 4.04. The highest BCUT2D eigenvalue weighted by Crippen LogP contribution is 2.18. The molecule has 5 heteroatoms. The molecule has 0 aliphatic carbocycles. The molecule has 18 heavy (non-hydrogen) atoms. The molecule has 1 amide bonds. The van der Waals surface area contributed by atoms with Crippen LogP contribution in [0.15, 0.2) is 41.1 Å². The highest BCUT2D eigenvalue weighted by Gasteiger charge is 2.09. The van der Waals surface area contributed by atoms with Gasteiger partial charge in [0, 0.05) is 12.4 Å². The Bertz CT molecular complexity index is 522. The van der Waals surface area contributed by atoms with Crippen molar-refractivity contribution < 1.29 is 4.79 Å². The first-order valence-corrected chi connectivity index (χ1v) is 6.27. The number of hydrogen-bond acceptors (Lipinski definition) is 3. The van der Waals surface area contributed by atoms with Crippen LogP contribution in [-0.4, -0.2) is 15.9 Å². The van der Waals surface area contributed by atoms with Crippen molar-refractivity contribution in [2.75, 3.05) is 5.32 Å². The van der Waals surface area contributed by atoms with Crippen LogP contribution in [0.5, 0.6) is 0 Å². The van der Waals surface area contributed by atoms with Crippen LogP contribution in [0.3, 0.4) is 0 Å². The Morgan fingerprint density at radius 2 is 2.00 bits per heavy atom. The van der Waals surface area contributed by atoms with Crippen molar-refractivity contribution in [3.63, 3.8) is 0 Å². The first kappa shape index (κ1) is 12.7. The smallest absolute Gasteiger partial charge is 0.231 e. The number of aryl methyl sites for hydroxylation is 1. The minimum absolute atomic E-state index is 0.129. The molecule has 2 heterocycles. The van der Waals surface area contributed by atoms with E-state index in [0.717, 1.165) is 15.7 Å². The van der Waals surface area contributed by atoms with E-state index in [1.165, 1.54) is 0 Å². The molecule has 4 nitrogen and oxygen atoms in total. The molecule has 0 radical (unpaired) electrons. The van der Waals surface area contributed by atoms with Crippen molar-refractivity contribution in [2.24, 2.45) is 0 Å². The van der Waals surface area contributed by atoms with Crippen LogP contribution in [0.25, 0.3) is 0 Å². The number of amides is 1. The predicted molar refractivity (Wildman–Crippen MR) is 73.2 cm³/mol. The lowest BCUT2D eigenvalue weighted by Gasteiger charge is -2.07. The van der Waals surface area contributed by atoms with Crippen molar-refractivity contribution in [3.05, 3.63) is 52.4 Å². The summed E-state index contributed by atoms with van der Waals surface area (Å²) in [5.74, 6) is 0.396. The number of carbonyl (C=O) groups excluding carboxylic acids is 1. The number of pyridine rings is 2. The van der Waals surface area contributed by atoms with Gasteiger partial charge in [-0.05, 0) is 46.6 Å². The third-order valence-electron chi connectivity index (χ3n) is 2.46. The first-order chi connectivity index (χ1) is 8.66. The molecule has 0 fully saturated rings. The SMILES string of the molecule is Cc1cccnc1CC(=O)Nc1ncccc1Br. The van der Waals surface area contributed by atoms with Crippen molar-refractivity contribution in [2.45, 2.75) is 13.3 Å². The predicted octanol–water partition coefficient (Wildman–Crippen LogP) is 2.73. The van der Waals surface area contributed by atoms with Crippen molar-refractivity contribution in [1.82, 2.24) is 9.97 Å². The fraction of sp³-hybridized carbons (Fsp3) is 0.154. The summed E-state index contributed by atoms with van der Waals surface area (Å²) in [6.45, 7) is 1.94. The summed E-state index contributed by atoms with van der Waals surface area (Å²) in [5, 5.41) is 2.75. The number of hydrogen-bond donors (Lipinski definition) is 1. The van der Waals surface area contributed by atoms with Gasteiger partial charge in [-0.15, -0.1) is 0 Å². The number of carbonyl (C=O) groups is 1. The van der Waals surface area contributed by atoms with Gasteiger partial charge in [-0.1, -0.05) is 6.07 Å². The van der Waals surface area contributed by atoms with Crippen LogP contribution in [0.2, 0.25) is 0 Å². The van der Waals surface area contributed by atoms with E-state index in [-0.39, 0.29) is 12.3 Å². The average Bonchev–Trinajstić information content (AvgIpc) is 2.35. The monoisotopic (exact) mass is 305 g/mol. The maximum absolute atomic E-state index is 11.9. The van der Waals surface area contributed by atoms with Gasteiger partial charge in [0.25, 0.3) is 0 Å². The minimum atomic E-state index is -0.129. The maximum atomic E-state index is 11.9. The quantitative estimate of drug-likeness (QED) is 0.948. The Labute approximate surface area is 114 Å². The lowest BCUT2D eigenvalue weighted by Crippen LogP contribution is -2.17. The summed E-state index contributed by atoms with van der Waals surface area (Å²) < 4.78 is 0.760. The zero-order chi connectivity index (χ0) is 13.0. The third kappa shape index (κ3) is 3.13. The van der Waals surface area contributed by atoms with E-state index in [4.69, 9.17) is 0 Å². The van der Waals surface area contributed by atoms with Crippen LogP contribution in [0.4, 0.5) is 5.82 Å². The number of aromatic nitrogens is 2. The fourth-order valence-electron chi connectivity index (χ4n) is 1.51. The first-order valence-electron chi connectivity index (χ1n) is 5.47. The van der Waals surface area contributed by atoms with Gasteiger partial charge in [0.2, 0.25) is 5.91 Å². The van der Waals surface area contributed by atoms with Crippen LogP contribution in [0, 0.1) is 6.92 Å². The highest BCUT2D eigenvalue weighted by molar-refractivity contribution is 9.10. The molecule has 92 valence electrons. The molecule has 0 aromatic carbocycles. The molecule has 0 spiro atoms. The molecule has 0 bridgehead atoms. The summed E-state index contributed by atoms with van der Waals surface area (Å²) in [5.41, 5.74) is 1.79. The molecule has 0 unspecified atom stereocenters. The summed E-state index contributed by atoms with van der Waals surface area (Å²) in [7, 11) is 0. The molecular formula is C13H12BrN3O. The lowest BCUT2D eigenvalue weighted by atomic mass is 10.1. The Hall–Kier alpha value is -1.75. The van der Waals surface area contributed by atoms with Gasteiger partial charge in [0.05, 0.1) is 16.6 Å². The van der Waals surface area contributed by atoms with Crippen LogP contribution in [0.1, 0.15) is 11.3 Å². The standard InChI is InChI=1S/C13H12BrN3O/c1-9-4-2-6-15-11(9)8-12(18)17-13-10(14)5-3-7-16-13/h2-7H,8H2,1H3,(H,16,17,18). The second kappa shape index (κ2) is 5.73. The lowest BCUT2D eigenvalue weighted by molar-refractivity contribution is -0.115. The molecular weight excluding hydrogens is 294 g/mol. The Balaban J connectivity index is 2.06. The normalized spacial score (nSPS) is 10.1. The molecule has 1 N–H and O–H groups in total. The highest BCUT2D eigenvalue weighted by atomic mass is 79.9. The minimum Gasteiger partial charge on any atom is -0.309 e.